The van der Waals surface area contributed by atoms with E-state index in [4.69, 9.17) is 0 Å². The molecule has 0 aromatic carbocycles. The number of hydrogen-bond donors (Lipinski definition) is 1. The Morgan fingerprint density at radius 3 is 2.50 bits per heavy atom. The molecule has 0 aliphatic heterocycles. The number of hydrogen-bond acceptors (Lipinski definition) is 3. The van der Waals surface area contributed by atoms with Crippen molar-refractivity contribution >= 4 is 0 Å². The average Bonchev–Trinajstić information content (AvgIpc) is 2.37. The Kier molecular flexibility index (Phi) is 4.33. The second-order valence-electron chi connectivity index (χ2n) is 6.50. The van der Waals surface area contributed by atoms with Crippen LogP contribution in [0.4, 0.5) is 0 Å². The summed E-state index contributed by atoms with van der Waals surface area (Å²) in [7, 11) is 0. The highest BCUT2D eigenvalue weighted by Gasteiger charge is 2.29. The van der Waals surface area contributed by atoms with Gasteiger partial charge in [0.05, 0.1) is 5.69 Å². The quantitative estimate of drug-likeness (QED) is 0.891. The summed E-state index contributed by atoms with van der Waals surface area (Å²) in [5, 5.41) is 3.62. The first-order valence-corrected chi connectivity index (χ1v) is 7.04. The molecule has 18 heavy (non-hydrogen) atoms. The Balaban J connectivity index is 1.74. The van der Waals surface area contributed by atoms with Crippen molar-refractivity contribution < 1.29 is 0 Å². The summed E-state index contributed by atoms with van der Waals surface area (Å²) in [6.45, 7) is 7.97. The lowest BCUT2D eigenvalue weighted by Crippen LogP contribution is -2.36. The van der Waals surface area contributed by atoms with Crippen LogP contribution in [-0.2, 0) is 6.54 Å². The summed E-state index contributed by atoms with van der Waals surface area (Å²) in [5.74, 6) is 0.884. The van der Waals surface area contributed by atoms with Crippen LogP contribution in [0.5, 0.6) is 0 Å². The van der Waals surface area contributed by atoms with Gasteiger partial charge in [-0.1, -0.05) is 20.8 Å². The van der Waals surface area contributed by atoms with Gasteiger partial charge in [0.1, 0.15) is 6.33 Å². The summed E-state index contributed by atoms with van der Waals surface area (Å²) in [4.78, 5) is 8.18. The van der Waals surface area contributed by atoms with E-state index in [1.54, 1.807) is 12.5 Å². The maximum absolute atomic E-state index is 4.24. The molecule has 0 saturated heterocycles. The molecule has 1 N–H and O–H groups in total. The minimum Gasteiger partial charge on any atom is -0.308 e. The van der Waals surface area contributed by atoms with Crippen LogP contribution in [-0.4, -0.2) is 16.0 Å². The van der Waals surface area contributed by atoms with E-state index in [0.717, 1.165) is 18.2 Å². The number of aromatic nitrogens is 2. The van der Waals surface area contributed by atoms with E-state index in [1.165, 1.54) is 25.7 Å². The van der Waals surface area contributed by atoms with Crippen molar-refractivity contribution in [2.45, 2.75) is 59.0 Å². The van der Waals surface area contributed by atoms with Crippen LogP contribution in [0, 0.1) is 11.3 Å². The molecule has 3 heteroatoms. The fourth-order valence-corrected chi connectivity index (χ4v) is 2.84. The molecule has 0 spiro atoms. The molecule has 0 atom stereocenters. The van der Waals surface area contributed by atoms with Crippen LogP contribution in [0.15, 0.2) is 18.6 Å². The molecule has 1 aliphatic rings. The highest BCUT2D eigenvalue weighted by molar-refractivity contribution is 4.97. The van der Waals surface area contributed by atoms with Gasteiger partial charge in [-0.05, 0) is 43.1 Å². The number of nitrogens with one attached hydrogen (secondary N) is 1. The lowest BCUT2D eigenvalue weighted by molar-refractivity contribution is 0.159. The Hall–Kier alpha value is -0.960. The van der Waals surface area contributed by atoms with Crippen molar-refractivity contribution in [1.82, 2.24) is 15.3 Å². The van der Waals surface area contributed by atoms with Crippen molar-refractivity contribution in [3.63, 3.8) is 0 Å². The Labute approximate surface area is 110 Å². The molecule has 1 fully saturated rings. The molecule has 0 bridgehead atoms. The predicted molar refractivity (Wildman–Crippen MR) is 74.1 cm³/mol. The normalized spacial score (nSPS) is 25.1. The summed E-state index contributed by atoms with van der Waals surface area (Å²) in [5.41, 5.74) is 1.56. The van der Waals surface area contributed by atoms with Gasteiger partial charge < -0.3 is 5.32 Å². The molecule has 0 amide bonds. The summed E-state index contributed by atoms with van der Waals surface area (Å²) >= 11 is 0. The van der Waals surface area contributed by atoms with Gasteiger partial charge in [0.2, 0.25) is 0 Å². The van der Waals surface area contributed by atoms with Crippen molar-refractivity contribution in [3.8, 4) is 0 Å². The van der Waals surface area contributed by atoms with E-state index >= 15 is 0 Å². The van der Waals surface area contributed by atoms with Gasteiger partial charge in [0.25, 0.3) is 0 Å². The zero-order valence-corrected chi connectivity index (χ0v) is 11.8. The summed E-state index contributed by atoms with van der Waals surface area (Å²) < 4.78 is 0. The van der Waals surface area contributed by atoms with Crippen LogP contribution in [0.2, 0.25) is 0 Å². The standard InChI is InChI=1S/C15H25N3/c1-15(2,3)12-4-6-13(7-5-12)17-10-14-8-9-16-11-18-14/h8-9,11-13,17H,4-7,10H2,1-3H3. The van der Waals surface area contributed by atoms with Crippen molar-refractivity contribution in [1.29, 1.82) is 0 Å². The third-order valence-electron chi connectivity index (χ3n) is 4.17. The van der Waals surface area contributed by atoms with E-state index in [0.29, 0.717) is 11.5 Å². The molecule has 3 nitrogen and oxygen atoms in total. The van der Waals surface area contributed by atoms with Gasteiger partial charge in [0.15, 0.2) is 0 Å². The Bertz CT molecular complexity index is 348. The van der Waals surface area contributed by atoms with E-state index in [-0.39, 0.29) is 0 Å². The van der Waals surface area contributed by atoms with Gasteiger partial charge in [-0.2, -0.15) is 0 Å². The van der Waals surface area contributed by atoms with E-state index in [1.807, 2.05) is 6.07 Å². The molecule has 0 unspecified atom stereocenters. The predicted octanol–water partition coefficient (Wildman–Crippen LogP) is 3.17. The van der Waals surface area contributed by atoms with Crippen LogP contribution in [0.1, 0.15) is 52.1 Å². The summed E-state index contributed by atoms with van der Waals surface area (Å²) in [6, 6.07) is 2.65. The highest BCUT2D eigenvalue weighted by atomic mass is 14.9. The van der Waals surface area contributed by atoms with Gasteiger partial charge in [-0.3, -0.25) is 0 Å². The van der Waals surface area contributed by atoms with Crippen LogP contribution in [0.25, 0.3) is 0 Å². The molecule has 1 saturated carbocycles. The Morgan fingerprint density at radius 1 is 1.22 bits per heavy atom. The highest BCUT2D eigenvalue weighted by Crippen LogP contribution is 2.37. The summed E-state index contributed by atoms with van der Waals surface area (Å²) in [6.07, 6.45) is 8.73. The number of rotatable bonds is 3. The molecule has 1 aromatic heterocycles. The minimum absolute atomic E-state index is 0.470. The van der Waals surface area contributed by atoms with Crippen LogP contribution >= 0.6 is 0 Å². The van der Waals surface area contributed by atoms with Crippen LogP contribution in [0.3, 0.4) is 0 Å². The first kappa shape index (κ1) is 13.5. The number of nitrogens with zero attached hydrogens (tertiary/aromatic N) is 2. The minimum atomic E-state index is 0.470. The van der Waals surface area contributed by atoms with Crippen molar-refractivity contribution in [2.24, 2.45) is 11.3 Å². The van der Waals surface area contributed by atoms with Crippen molar-refractivity contribution in [3.05, 3.63) is 24.3 Å². The first-order valence-electron chi connectivity index (χ1n) is 7.04. The van der Waals surface area contributed by atoms with E-state index < -0.39 is 0 Å². The molecular weight excluding hydrogens is 222 g/mol. The molecule has 1 heterocycles. The smallest absolute Gasteiger partial charge is 0.115 e. The van der Waals surface area contributed by atoms with Crippen LogP contribution < -0.4 is 5.32 Å². The molecule has 1 aromatic rings. The third kappa shape index (κ3) is 3.77. The van der Waals surface area contributed by atoms with E-state index in [9.17, 15) is 0 Å². The molecule has 2 rings (SSSR count). The van der Waals surface area contributed by atoms with Gasteiger partial charge in [-0.15, -0.1) is 0 Å². The second-order valence-corrected chi connectivity index (χ2v) is 6.50. The zero-order chi connectivity index (χ0) is 13.0. The molecule has 1 aliphatic carbocycles. The van der Waals surface area contributed by atoms with Gasteiger partial charge >= 0.3 is 0 Å². The maximum Gasteiger partial charge on any atom is 0.115 e. The van der Waals surface area contributed by atoms with Gasteiger partial charge in [0, 0.05) is 18.8 Å². The zero-order valence-electron chi connectivity index (χ0n) is 11.8. The van der Waals surface area contributed by atoms with Crippen molar-refractivity contribution in [2.75, 3.05) is 0 Å². The fourth-order valence-electron chi connectivity index (χ4n) is 2.84. The third-order valence-corrected chi connectivity index (χ3v) is 4.17. The fraction of sp³-hybridized carbons (Fsp3) is 0.733. The monoisotopic (exact) mass is 247 g/mol. The maximum atomic E-state index is 4.24. The average molecular weight is 247 g/mol. The first-order chi connectivity index (χ1) is 8.55. The molecule has 0 radical (unpaired) electrons. The molecular formula is C15H25N3. The lowest BCUT2D eigenvalue weighted by Gasteiger charge is -2.37. The molecule has 100 valence electrons. The lowest BCUT2D eigenvalue weighted by atomic mass is 9.71. The topological polar surface area (TPSA) is 37.8 Å². The SMILES string of the molecule is CC(C)(C)C1CCC(NCc2ccncn2)CC1. The second kappa shape index (κ2) is 5.79. The largest absolute Gasteiger partial charge is 0.308 e. The van der Waals surface area contributed by atoms with Gasteiger partial charge in [-0.25, -0.2) is 9.97 Å². The van der Waals surface area contributed by atoms with E-state index in [2.05, 4.69) is 36.1 Å². The Morgan fingerprint density at radius 2 is 1.94 bits per heavy atom.